The fourth-order valence-electron chi connectivity index (χ4n) is 3.10. The van der Waals surface area contributed by atoms with Gasteiger partial charge in [-0.2, -0.15) is 0 Å². The molecule has 0 aliphatic carbocycles. The second-order valence-electron chi connectivity index (χ2n) is 6.54. The lowest BCUT2D eigenvalue weighted by molar-refractivity contribution is -0.122. The zero-order valence-electron chi connectivity index (χ0n) is 15.4. The molecule has 1 aliphatic heterocycles. The van der Waals surface area contributed by atoms with Crippen LogP contribution in [0.15, 0.2) is 78.4 Å². The van der Waals surface area contributed by atoms with Crippen LogP contribution in [0, 0.1) is 5.82 Å². The first-order valence-corrected chi connectivity index (χ1v) is 9.74. The molecule has 30 heavy (non-hydrogen) atoms. The first-order valence-electron chi connectivity index (χ1n) is 8.96. The van der Waals surface area contributed by atoms with E-state index in [0.717, 1.165) is 0 Å². The van der Waals surface area contributed by atoms with Gasteiger partial charge in [0.1, 0.15) is 11.4 Å². The monoisotopic (exact) mass is 436 g/mol. The van der Waals surface area contributed by atoms with Crippen molar-refractivity contribution in [2.45, 2.75) is 0 Å². The lowest BCUT2D eigenvalue weighted by Gasteiger charge is -2.28. The van der Waals surface area contributed by atoms with Gasteiger partial charge in [-0.3, -0.25) is 19.8 Å². The second-order valence-corrected chi connectivity index (χ2v) is 7.36. The molecular weight excluding hydrogens is 423 g/mol. The highest BCUT2D eigenvalue weighted by atomic mass is 35.5. The maximum atomic E-state index is 14.0. The van der Waals surface area contributed by atoms with E-state index in [9.17, 15) is 14.0 Å². The van der Waals surface area contributed by atoms with E-state index in [4.69, 9.17) is 23.8 Å². The van der Waals surface area contributed by atoms with Gasteiger partial charge in [-0.15, -0.1) is 0 Å². The van der Waals surface area contributed by atoms with Crippen LogP contribution in [-0.4, -0.2) is 16.9 Å². The van der Waals surface area contributed by atoms with E-state index < -0.39 is 11.8 Å². The number of hydrogen-bond acceptors (Lipinski definition) is 3. The first kappa shape index (κ1) is 19.9. The highest BCUT2D eigenvalue weighted by Gasteiger charge is 2.34. The van der Waals surface area contributed by atoms with Gasteiger partial charge in [0.25, 0.3) is 11.8 Å². The first-order chi connectivity index (χ1) is 14.4. The van der Waals surface area contributed by atoms with E-state index in [1.807, 2.05) is 0 Å². The summed E-state index contributed by atoms with van der Waals surface area (Å²) in [5, 5.41) is 3.05. The van der Waals surface area contributed by atoms with Crippen molar-refractivity contribution in [2.75, 3.05) is 4.90 Å². The zero-order valence-corrected chi connectivity index (χ0v) is 17.0. The number of nitrogens with zero attached hydrogens (tertiary/aromatic N) is 1. The number of rotatable bonds is 3. The van der Waals surface area contributed by atoms with Crippen molar-refractivity contribution in [3.8, 4) is 11.1 Å². The predicted octanol–water partition coefficient (Wildman–Crippen LogP) is 4.98. The molecule has 2 amide bonds. The Labute approximate surface area is 182 Å². The van der Waals surface area contributed by atoms with Crippen molar-refractivity contribution in [1.82, 2.24) is 5.32 Å². The number of hydrogen-bond donors (Lipinski definition) is 1. The number of thiocarbonyl (C=S) groups is 1. The minimum absolute atomic E-state index is 0.000580. The summed E-state index contributed by atoms with van der Waals surface area (Å²) < 4.78 is 14.0. The maximum absolute atomic E-state index is 14.0. The largest absolute Gasteiger partial charge is 0.298 e. The van der Waals surface area contributed by atoms with Gasteiger partial charge in [0, 0.05) is 10.6 Å². The lowest BCUT2D eigenvalue weighted by Crippen LogP contribution is -2.54. The Kier molecular flexibility index (Phi) is 5.44. The third kappa shape index (κ3) is 3.87. The third-order valence-electron chi connectivity index (χ3n) is 4.59. The Hall–Kier alpha value is -3.35. The van der Waals surface area contributed by atoms with E-state index in [2.05, 4.69) is 5.32 Å². The summed E-state index contributed by atoms with van der Waals surface area (Å²) in [5.41, 5.74) is 2.23. The van der Waals surface area contributed by atoms with Crippen LogP contribution in [0.2, 0.25) is 5.02 Å². The van der Waals surface area contributed by atoms with E-state index in [1.54, 1.807) is 66.7 Å². The second kappa shape index (κ2) is 8.18. The number of amides is 2. The highest BCUT2D eigenvalue weighted by molar-refractivity contribution is 7.80. The number of benzene rings is 3. The van der Waals surface area contributed by atoms with Crippen molar-refractivity contribution in [3.05, 3.63) is 94.8 Å². The van der Waals surface area contributed by atoms with Gasteiger partial charge in [-0.05, 0) is 59.8 Å². The predicted molar refractivity (Wildman–Crippen MR) is 119 cm³/mol. The summed E-state index contributed by atoms with van der Waals surface area (Å²) >= 11 is 11.1. The Morgan fingerprint density at radius 1 is 0.933 bits per heavy atom. The fourth-order valence-corrected chi connectivity index (χ4v) is 3.51. The Balaban J connectivity index is 1.66. The van der Waals surface area contributed by atoms with Gasteiger partial charge in [0.05, 0.1) is 5.69 Å². The van der Waals surface area contributed by atoms with Crippen LogP contribution in [0.4, 0.5) is 10.1 Å². The molecule has 1 heterocycles. The molecular formula is C23H14ClFN2O2S. The molecule has 1 saturated heterocycles. The molecule has 4 nitrogen and oxygen atoms in total. The molecule has 0 spiro atoms. The summed E-state index contributed by atoms with van der Waals surface area (Å²) in [6.07, 6.45) is 1.48. The van der Waals surface area contributed by atoms with Gasteiger partial charge in [0.2, 0.25) is 0 Å². The molecule has 0 atom stereocenters. The molecule has 1 N–H and O–H groups in total. The van der Waals surface area contributed by atoms with Crippen LogP contribution >= 0.6 is 23.8 Å². The number of nitrogens with one attached hydrogen (secondary N) is 1. The Morgan fingerprint density at radius 3 is 2.27 bits per heavy atom. The van der Waals surface area contributed by atoms with E-state index in [1.165, 1.54) is 17.0 Å². The highest BCUT2D eigenvalue weighted by Crippen LogP contribution is 2.26. The van der Waals surface area contributed by atoms with Gasteiger partial charge >= 0.3 is 0 Å². The summed E-state index contributed by atoms with van der Waals surface area (Å²) in [6.45, 7) is 0. The van der Waals surface area contributed by atoms with Gasteiger partial charge in [-0.25, -0.2) is 4.39 Å². The van der Waals surface area contributed by atoms with Crippen LogP contribution in [0.3, 0.4) is 0 Å². The lowest BCUT2D eigenvalue weighted by atomic mass is 10.0. The molecule has 4 rings (SSSR count). The molecule has 0 radical (unpaired) electrons. The van der Waals surface area contributed by atoms with Crippen LogP contribution in [0.5, 0.6) is 0 Å². The van der Waals surface area contributed by atoms with E-state index >= 15 is 0 Å². The van der Waals surface area contributed by atoms with Crippen LogP contribution in [0.25, 0.3) is 17.2 Å². The molecule has 3 aromatic carbocycles. The quantitative estimate of drug-likeness (QED) is 0.358. The molecule has 1 aliphatic rings. The number of carbonyl (C=O) groups is 2. The maximum Gasteiger partial charge on any atom is 0.270 e. The Morgan fingerprint density at radius 2 is 1.60 bits per heavy atom. The fraction of sp³-hybridized carbons (Fsp3) is 0. The standard InChI is InChI=1S/C23H14ClFN2O2S/c24-16-9-11-17(12-10-16)27-22(29)19(21(28)26-23(27)30)13-14-5-7-15(8-6-14)18-3-1-2-4-20(18)25/h1-13H,(H,26,28,30)/b19-13+. The normalized spacial score (nSPS) is 15.5. The summed E-state index contributed by atoms with van der Waals surface area (Å²) in [5.74, 6) is -1.43. The van der Waals surface area contributed by atoms with Crippen LogP contribution < -0.4 is 10.2 Å². The van der Waals surface area contributed by atoms with Gasteiger partial charge < -0.3 is 0 Å². The van der Waals surface area contributed by atoms with Crippen molar-refractivity contribution in [3.63, 3.8) is 0 Å². The molecule has 3 aromatic rings. The molecule has 0 aromatic heterocycles. The Bertz CT molecular complexity index is 1190. The summed E-state index contributed by atoms with van der Waals surface area (Å²) in [6, 6.07) is 19.9. The van der Waals surface area contributed by atoms with E-state index in [0.29, 0.717) is 27.4 Å². The van der Waals surface area contributed by atoms with Gasteiger partial charge in [-0.1, -0.05) is 54.1 Å². The average Bonchev–Trinajstić information content (AvgIpc) is 2.73. The van der Waals surface area contributed by atoms with Crippen molar-refractivity contribution >= 4 is 52.5 Å². The van der Waals surface area contributed by atoms with Crippen LogP contribution in [0.1, 0.15) is 5.56 Å². The summed E-state index contributed by atoms with van der Waals surface area (Å²) in [7, 11) is 0. The van der Waals surface area contributed by atoms with Crippen molar-refractivity contribution in [2.24, 2.45) is 0 Å². The number of anilines is 1. The SMILES string of the molecule is O=C1NC(=S)N(c2ccc(Cl)cc2)C(=O)/C1=C/c1ccc(-c2ccccc2F)cc1. The topological polar surface area (TPSA) is 49.4 Å². The molecule has 1 fully saturated rings. The number of halogens is 2. The summed E-state index contributed by atoms with van der Waals surface area (Å²) in [4.78, 5) is 26.6. The van der Waals surface area contributed by atoms with Gasteiger partial charge in [0.15, 0.2) is 5.11 Å². The number of carbonyl (C=O) groups excluding carboxylic acids is 2. The minimum atomic E-state index is -0.576. The molecule has 0 saturated carbocycles. The minimum Gasteiger partial charge on any atom is -0.298 e. The van der Waals surface area contributed by atoms with Crippen LogP contribution in [-0.2, 0) is 9.59 Å². The molecule has 148 valence electrons. The average molecular weight is 437 g/mol. The van der Waals surface area contributed by atoms with E-state index in [-0.39, 0.29) is 16.5 Å². The zero-order chi connectivity index (χ0) is 21.3. The third-order valence-corrected chi connectivity index (χ3v) is 5.13. The smallest absolute Gasteiger partial charge is 0.270 e. The van der Waals surface area contributed by atoms with Crippen molar-refractivity contribution in [1.29, 1.82) is 0 Å². The molecule has 0 bridgehead atoms. The molecule has 7 heteroatoms. The molecule has 0 unspecified atom stereocenters. The van der Waals surface area contributed by atoms with Crippen molar-refractivity contribution < 1.29 is 14.0 Å².